The van der Waals surface area contributed by atoms with Crippen LogP contribution in [0.25, 0.3) is 22.3 Å². The second kappa shape index (κ2) is 5.88. The normalized spacial score (nSPS) is 11.1. The Balaban J connectivity index is 2.22. The molecule has 4 heteroatoms. The standard InChI is InChI=1S/C19H20O4/c1-4-5-12-8-14-11(2)18(23-19(14)17(9-12)22-3)13-6-7-15(20)16(21)10-13/h6-10,20-21H,4-5H2,1-3H3. The summed E-state index contributed by atoms with van der Waals surface area (Å²) in [7, 11) is 1.63. The Morgan fingerprint density at radius 3 is 2.52 bits per heavy atom. The molecule has 0 aliphatic heterocycles. The Kier molecular flexibility index (Phi) is 3.90. The molecule has 3 rings (SSSR count). The Labute approximate surface area is 134 Å². The topological polar surface area (TPSA) is 62.8 Å². The number of aryl methyl sites for hydroxylation is 2. The van der Waals surface area contributed by atoms with Crippen LogP contribution >= 0.6 is 0 Å². The molecule has 0 unspecified atom stereocenters. The molecule has 0 amide bonds. The minimum atomic E-state index is -0.166. The van der Waals surface area contributed by atoms with Crippen LogP contribution in [0, 0.1) is 6.92 Å². The average Bonchev–Trinajstić information content (AvgIpc) is 2.87. The fraction of sp³-hybridized carbons (Fsp3) is 0.263. The van der Waals surface area contributed by atoms with Gasteiger partial charge < -0.3 is 19.4 Å². The minimum absolute atomic E-state index is 0.148. The Morgan fingerprint density at radius 2 is 1.87 bits per heavy atom. The van der Waals surface area contributed by atoms with Crippen molar-refractivity contribution in [3.63, 3.8) is 0 Å². The van der Waals surface area contributed by atoms with Gasteiger partial charge in [0, 0.05) is 16.5 Å². The van der Waals surface area contributed by atoms with Gasteiger partial charge in [0.1, 0.15) is 5.76 Å². The van der Waals surface area contributed by atoms with Crippen LogP contribution in [0.4, 0.5) is 0 Å². The summed E-state index contributed by atoms with van der Waals surface area (Å²) >= 11 is 0. The van der Waals surface area contributed by atoms with Crippen molar-refractivity contribution in [2.24, 2.45) is 0 Å². The quantitative estimate of drug-likeness (QED) is 0.680. The molecule has 1 heterocycles. The Bertz CT molecular complexity index is 861. The van der Waals surface area contributed by atoms with E-state index in [9.17, 15) is 10.2 Å². The maximum Gasteiger partial charge on any atom is 0.176 e. The van der Waals surface area contributed by atoms with Crippen LogP contribution in [-0.4, -0.2) is 17.3 Å². The Morgan fingerprint density at radius 1 is 1.09 bits per heavy atom. The van der Waals surface area contributed by atoms with E-state index in [4.69, 9.17) is 9.15 Å². The number of ether oxygens (including phenoxy) is 1. The molecule has 2 N–H and O–H groups in total. The summed E-state index contributed by atoms with van der Waals surface area (Å²) in [5.74, 6) is 1.07. The lowest BCUT2D eigenvalue weighted by Crippen LogP contribution is -1.88. The molecule has 2 aromatic carbocycles. The first kappa shape index (κ1) is 15.3. The van der Waals surface area contributed by atoms with Crippen LogP contribution in [0.3, 0.4) is 0 Å². The second-order valence-electron chi connectivity index (χ2n) is 5.68. The molecule has 120 valence electrons. The van der Waals surface area contributed by atoms with Crippen molar-refractivity contribution in [3.05, 3.63) is 41.5 Å². The van der Waals surface area contributed by atoms with Gasteiger partial charge >= 0.3 is 0 Å². The molecule has 0 saturated carbocycles. The van der Waals surface area contributed by atoms with Crippen molar-refractivity contribution in [1.29, 1.82) is 0 Å². The minimum Gasteiger partial charge on any atom is -0.504 e. The summed E-state index contributed by atoms with van der Waals surface area (Å²) < 4.78 is 11.5. The van der Waals surface area contributed by atoms with Crippen LogP contribution in [-0.2, 0) is 6.42 Å². The monoisotopic (exact) mass is 312 g/mol. The second-order valence-corrected chi connectivity index (χ2v) is 5.68. The molecular weight excluding hydrogens is 292 g/mol. The summed E-state index contributed by atoms with van der Waals surface area (Å²) in [5.41, 5.74) is 3.61. The van der Waals surface area contributed by atoms with Crippen LogP contribution in [0.5, 0.6) is 17.2 Å². The molecule has 3 aromatic rings. The van der Waals surface area contributed by atoms with Gasteiger partial charge in [-0.1, -0.05) is 13.3 Å². The first-order chi connectivity index (χ1) is 11.0. The van der Waals surface area contributed by atoms with Crippen molar-refractivity contribution in [2.45, 2.75) is 26.7 Å². The first-order valence-electron chi connectivity index (χ1n) is 7.67. The SMILES string of the molecule is CCCc1cc(OC)c2oc(-c3ccc(O)c(O)c3)c(C)c2c1. The van der Waals surface area contributed by atoms with Crippen molar-refractivity contribution < 1.29 is 19.4 Å². The largest absolute Gasteiger partial charge is 0.504 e. The lowest BCUT2D eigenvalue weighted by molar-refractivity contribution is 0.403. The third-order valence-corrected chi connectivity index (χ3v) is 4.06. The highest BCUT2D eigenvalue weighted by Crippen LogP contribution is 2.40. The summed E-state index contributed by atoms with van der Waals surface area (Å²) in [5, 5.41) is 20.2. The molecule has 0 saturated heterocycles. The van der Waals surface area contributed by atoms with Gasteiger partial charge in [-0.05, 0) is 49.2 Å². The lowest BCUT2D eigenvalue weighted by atomic mass is 10.0. The van der Waals surface area contributed by atoms with Crippen LogP contribution in [0.1, 0.15) is 24.5 Å². The highest BCUT2D eigenvalue weighted by atomic mass is 16.5. The van der Waals surface area contributed by atoms with E-state index < -0.39 is 0 Å². The van der Waals surface area contributed by atoms with Gasteiger partial charge in [0.15, 0.2) is 22.8 Å². The molecule has 23 heavy (non-hydrogen) atoms. The number of rotatable bonds is 4. The van der Waals surface area contributed by atoms with Crippen LogP contribution in [0.2, 0.25) is 0 Å². The van der Waals surface area contributed by atoms with E-state index in [0.717, 1.165) is 23.8 Å². The van der Waals surface area contributed by atoms with Gasteiger partial charge in [0.05, 0.1) is 7.11 Å². The molecule has 4 nitrogen and oxygen atoms in total. The maximum absolute atomic E-state index is 9.73. The number of hydrogen-bond donors (Lipinski definition) is 2. The van der Waals surface area contributed by atoms with E-state index in [-0.39, 0.29) is 11.5 Å². The summed E-state index contributed by atoms with van der Waals surface area (Å²) in [6, 6.07) is 8.81. The predicted octanol–water partition coefficient (Wildman–Crippen LogP) is 4.78. The fourth-order valence-corrected chi connectivity index (χ4v) is 2.87. The number of phenols is 2. The van der Waals surface area contributed by atoms with E-state index in [0.29, 0.717) is 22.7 Å². The molecule has 1 aromatic heterocycles. The van der Waals surface area contributed by atoms with Crippen molar-refractivity contribution in [3.8, 4) is 28.6 Å². The highest BCUT2D eigenvalue weighted by molar-refractivity contribution is 5.92. The Hall–Kier alpha value is -2.62. The molecule has 0 atom stereocenters. The number of aromatic hydroxyl groups is 2. The molecule has 0 bridgehead atoms. The molecule has 0 spiro atoms. The van der Waals surface area contributed by atoms with Crippen molar-refractivity contribution >= 4 is 11.0 Å². The van der Waals surface area contributed by atoms with Gasteiger partial charge in [-0.15, -0.1) is 0 Å². The molecule has 0 aliphatic rings. The van der Waals surface area contributed by atoms with Gasteiger partial charge in [0.2, 0.25) is 0 Å². The van der Waals surface area contributed by atoms with E-state index in [1.165, 1.54) is 17.7 Å². The summed E-state index contributed by atoms with van der Waals surface area (Å²) in [6.07, 6.45) is 2.04. The van der Waals surface area contributed by atoms with E-state index in [1.54, 1.807) is 13.2 Å². The van der Waals surface area contributed by atoms with Gasteiger partial charge in [-0.2, -0.15) is 0 Å². The zero-order chi connectivity index (χ0) is 16.6. The first-order valence-corrected chi connectivity index (χ1v) is 7.67. The zero-order valence-corrected chi connectivity index (χ0v) is 13.5. The smallest absolute Gasteiger partial charge is 0.176 e. The number of phenolic OH excluding ortho intramolecular Hbond substituents is 2. The average molecular weight is 312 g/mol. The molecule has 0 fully saturated rings. The number of benzene rings is 2. The number of methoxy groups -OCH3 is 1. The molecular formula is C19H20O4. The number of hydrogen-bond acceptors (Lipinski definition) is 4. The fourth-order valence-electron chi connectivity index (χ4n) is 2.87. The van der Waals surface area contributed by atoms with Crippen LogP contribution in [0.15, 0.2) is 34.7 Å². The van der Waals surface area contributed by atoms with Gasteiger partial charge in [-0.25, -0.2) is 0 Å². The molecule has 0 radical (unpaired) electrons. The lowest BCUT2D eigenvalue weighted by Gasteiger charge is -2.04. The van der Waals surface area contributed by atoms with Gasteiger partial charge in [0.25, 0.3) is 0 Å². The number of fused-ring (bicyclic) bond motifs is 1. The third-order valence-electron chi connectivity index (χ3n) is 4.06. The van der Waals surface area contributed by atoms with E-state index in [1.807, 2.05) is 13.0 Å². The van der Waals surface area contributed by atoms with Crippen molar-refractivity contribution in [1.82, 2.24) is 0 Å². The van der Waals surface area contributed by atoms with Crippen LogP contribution < -0.4 is 4.74 Å². The van der Waals surface area contributed by atoms with E-state index in [2.05, 4.69) is 13.0 Å². The summed E-state index contributed by atoms with van der Waals surface area (Å²) in [4.78, 5) is 0. The highest BCUT2D eigenvalue weighted by Gasteiger charge is 2.17. The summed E-state index contributed by atoms with van der Waals surface area (Å²) in [6.45, 7) is 4.13. The zero-order valence-electron chi connectivity index (χ0n) is 13.5. The van der Waals surface area contributed by atoms with E-state index >= 15 is 0 Å². The predicted molar refractivity (Wildman–Crippen MR) is 90.3 cm³/mol. The number of furan rings is 1. The maximum atomic E-state index is 9.73. The van der Waals surface area contributed by atoms with Gasteiger partial charge in [-0.3, -0.25) is 0 Å². The molecule has 0 aliphatic carbocycles. The third kappa shape index (κ3) is 2.61. The van der Waals surface area contributed by atoms with Crippen molar-refractivity contribution in [2.75, 3.05) is 7.11 Å².